The minimum atomic E-state index is 0.997. The van der Waals surface area contributed by atoms with Gasteiger partial charge >= 0.3 is 0 Å². The minimum Gasteiger partial charge on any atom is -0.341 e. The fourth-order valence-corrected chi connectivity index (χ4v) is 15.5. The number of hydrogen-bond acceptors (Lipinski definition) is 0. The van der Waals surface area contributed by atoms with Gasteiger partial charge in [-0.15, -0.1) is 0 Å². The maximum atomic E-state index is 3.98. The molecular formula is C94H71N5. The van der Waals surface area contributed by atoms with E-state index < -0.39 is 0 Å². The molecule has 99 heavy (non-hydrogen) atoms. The van der Waals surface area contributed by atoms with E-state index in [1.54, 1.807) is 0 Å². The van der Waals surface area contributed by atoms with Crippen molar-refractivity contribution in [3.8, 4) is 45.0 Å². The van der Waals surface area contributed by atoms with E-state index in [-0.39, 0.29) is 0 Å². The van der Waals surface area contributed by atoms with Crippen LogP contribution in [0.25, 0.3) is 172 Å². The smallest absolute Gasteiger partial charge is 0.0541 e. The molecule has 0 aliphatic heterocycles. The molecule has 0 saturated heterocycles. The molecule has 0 aliphatic carbocycles. The van der Waals surface area contributed by atoms with Gasteiger partial charge in [-0.1, -0.05) is 220 Å². The molecule has 0 aliphatic rings. The van der Waals surface area contributed by atoms with Crippen LogP contribution in [0.1, 0.15) is 34.7 Å². The van der Waals surface area contributed by atoms with Crippen LogP contribution in [0.3, 0.4) is 0 Å². The molecule has 0 spiro atoms. The largest absolute Gasteiger partial charge is 0.341 e. The third-order valence-corrected chi connectivity index (χ3v) is 20.2. The first-order valence-electron chi connectivity index (χ1n) is 34.1. The molecular weight excluding hydrogens is 1200 g/mol. The second-order valence-electron chi connectivity index (χ2n) is 25.7. The van der Waals surface area contributed by atoms with Gasteiger partial charge in [-0.25, -0.2) is 0 Å². The third-order valence-electron chi connectivity index (χ3n) is 20.2. The lowest BCUT2D eigenvalue weighted by atomic mass is 9.95. The second-order valence-corrected chi connectivity index (χ2v) is 25.7. The lowest BCUT2D eigenvalue weighted by molar-refractivity contribution is 0.827. The SMILES string of the molecule is C=Cc1ccc2c(c1)c1ccccc1n2-c1ccc(-c2ccc(-n3c4ccccc4c4ccccc43)cc2)cc1.C=Cc1ccc2c(c1)c1ccccc1n2-c1ccc(-c2ccc(-n3c4ccccc4c4ccccc43)cc2C)c(C)c1.C=Cc1ccc2c(c1)c1ccccc1n2CC. The highest BCUT2D eigenvalue weighted by Gasteiger charge is 2.19. The molecule has 0 N–H and O–H groups in total. The summed E-state index contributed by atoms with van der Waals surface area (Å²) in [5.41, 5.74) is 28.0. The van der Waals surface area contributed by atoms with Gasteiger partial charge < -0.3 is 22.8 Å². The minimum absolute atomic E-state index is 0.997. The van der Waals surface area contributed by atoms with Crippen molar-refractivity contribution in [2.75, 3.05) is 0 Å². The Morgan fingerprint density at radius 2 is 0.485 bits per heavy atom. The highest BCUT2D eigenvalue weighted by atomic mass is 15.0. The molecule has 19 aromatic rings. The molecule has 5 heterocycles. The number of aromatic nitrogens is 5. The Hall–Kier alpha value is -12.7. The second kappa shape index (κ2) is 24.8. The molecule has 5 aromatic heterocycles. The van der Waals surface area contributed by atoms with Gasteiger partial charge in [0.1, 0.15) is 0 Å². The van der Waals surface area contributed by atoms with Crippen LogP contribution in [-0.4, -0.2) is 22.8 Å². The van der Waals surface area contributed by atoms with Crippen molar-refractivity contribution in [3.63, 3.8) is 0 Å². The van der Waals surface area contributed by atoms with Crippen LogP contribution in [0.2, 0.25) is 0 Å². The fourth-order valence-electron chi connectivity index (χ4n) is 15.5. The normalized spacial score (nSPS) is 11.5. The quantitative estimate of drug-likeness (QED) is 0.130. The summed E-state index contributed by atoms with van der Waals surface area (Å²) in [4.78, 5) is 0. The number of rotatable bonds is 10. The first-order chi connectivity index (χ1) is 48.8. The van der Waals surface area contributed by atoms with E-state index >= 15 is 0 Å². The first-order valence-corrected chi connectivity index (χ1v) is 34.1. The van der Waals surface area contributed by atoms with Crippen LogP contribution < -0.4 is 0 Å². The fraction of sp³-hybridized carbons (Fsp3) is 0.0426. The molecule has 5 heteroatoms. The average molecular weight is 1270 g/mol. The van der Waals surface area contributed by atoms with E-state index in [1.165, 1.54) is 165 Å². The monoisotopic (exact) mass is 1270 g/mol. The lowest BCUT2D eigenvalue weighted by Gasteiger charge is -2.15. The molecule has 0 unspecified atom stereocenters. The highest BCUT2D eigenvalue weighted by Crippen LogP contribution is 2.40. The van der Waals surface area contributed by atoms with Gasteiger partial charge in [-0.05, 0) is 198 Å². The Bertz CT molecular complexity index is 6300. The molecule has 0 fully saturated rings. The van der Waals surface area contributed by atoms with Crippen LogP contribution in [0, 0.1) is 13.8 Å². The van der Waals surface area contributed by atoms with Gasteiger partial charge in [-0.2, -0.15) is 0 Å². The van der Waals surface area contributed by atoms with Gasteiger partial charge in [0, 0.05) is 94.2 Å². The lowest BCUT2D eigenvalue weighted by Crippen LogP contribution is -1.98. The summed E-state index contributed by atoms with van der Waals surface area (Å²) in [6.45, 7) is 19.4. The van der Waals surface area contributed by atoms with Crippen LogP contribution >= 0.6 is 0 Å². The van der Waals surface area contributed by atoms with E-state index in [0.29, 0.717) is 0 Å². The van der Waals surface area contributed by atoms with E-state index in [1.807, 2.05) is 18.2 Å². The van der Waals surface area contributed by atoms with Crippen molar-refractivity contribution in [3.05, 3.63) is 357 Å². The Balaban J connectivity index is 0.000000121. The van der Waals surface area contributed by atoms with E-state index in [0.717, 1.165) is 23.4 Å². The van der Waals surface area contributed by atoms with E-state index in [2.05, 4.69) is 373 Å². The van der Waals surface area contributed by atoms with Crippen LogP contribution in [-0.2, 0) is 6.54 Å². The van der Waals surface area contributed by atoms with Gasteiger partial charge in [-0.3, -0.25) is 0 Å². The Morgan fingerprint density at radius 1 is 0.242 bits per heavy atom. The summed E-state index contributed by atoms with van der Waals surface area (Å²) in [5.74, 6) is 0. The van der Waals surface area contributed by atoms with E-state index in [4.69, 9.17) is 0 Å². The van der Waals surface area contributed by atoms with Gasteiger partial charge in [0.05, 0.1) is 44.1 Å². The number of para-hydroxylation sites is 7. The Labute approximate surface area is 575 Å². The molecule has 0 saturated carbocycles. The van der Waals surface area contributed by atoms with Gasteiger partial charge in [0.15, 0.2) is 0 Å². The number of fused-ring (bicyclic) bond motifs is 15. The zero-order valence-corrected chi connectivity index (χ0v) is 55.7. The van der Waals surface area contributed by atoms with Crippen molar-refractivity contribution >= 4 is 127 Å². The summed E-state index contributed by atoms with van der Waals surface area (Å²) >= 11 is 0. The molecule has 0 bridgehead atoms. The van der Waals surface area contributed by atoms with Crippen LogP contribution in [0.5, 0.6) is 0 Å². The third kappa shape index (κ3) is 10.2. The highest BCUT2D eigenvalue weighted by molar-refractivity contribution is 6.13. The van der Waals surface area contributed by atoms with Gasteiger partial charge in [0.2, 0.25) is 0 Å². The predicted molar refractivity (Wildman–Crippen MR) is 426 cm³/mol. The number of aryl methyl sites for hydroxylation is 3. The van der Waals surface area contributed by atoms with Crippen molar-refractivity contribution in [1.29, 1.82) is 0 Å². The molecule has 0 amide bonds. The maximum absolute atomic E-state index is 3.98. The van der Waals surface area contributed by atoms with Crippen LogP contribution in [0.15, 0.2) is 329 Å². The average Bonchev–Trinajstić information content (AvgIpc) is 1.56. The van der Waals surface area contributed by atoms with Gasteiger partial charge in [0.25, 0.3) is 0 Å². The first kappa shape index (κ1) is 60.0. The molecule has 5 nitrogen and oxygen atoms in total. The van der Waals surface area contributed by atoms with Crippen molar-refractivity contribution < 1.29 is 0 Å². The van der Waals surface area contributed by atoms with Crippen molar-refractivity contribution in [2.24, 2.45) is 0 Å². The zero-order valence-electron chi connectivity index (χ0n) is 55.7. The zero-order chi connectivity index (χ0) is 66.8. The summed E-state index contributed by atoms with van der Waals surface area (Å²) in [6, 6.07) is 112. The molecule has 0 radical (unpaired) electrons. The van der Waals surface area contributed by atoms with E-state index in [9.17, 15) is 0 Å². The maximum Gasteiger partial charge on any atom is 0.0541 e. The summed E-state index contributed by atoms with van der Waals surface area (Å²) < 4.78 is 11.8. The standard InChI is InChI=1S/C40H30N2.C38H26N2.C16H15N/c1-4-28-17-22-40-36(25-28)35-13-7-10-16-39(35)42(40)30-19-21-32(27(3)24-30)31-20-18-29(23-26(31)2)41-37-14-8-5-11-33(37)34-12-6-9-15-38(34)41;1-2-26-15-24-38-34(25-26)33-11-5-8-14-37(33)40(38)30-22-18-28(19-23-30)27-16-20-29(21-17-27)39-35-12-6-3-9-31(35)32-10-4-7-13-36(32)39;1-3-12-9-10-16-14(11-12)13-7-5-6-8-15(13)17(16)4-2/h4-25H,1H2,2-3H3;2-25H,1H2;3,5-11H,1,4H2,2H3. The van der Waals surface area contributed by atoms with Crippen molar-refractivity contribution in [1.82, 2.24) is 22.8 Å². The topological polar surface area (TPSA) is 24.6 Å². The summed E-state index contributed by atoms with van der Waals surface area (Å²) in [6.07, 6.45) is 5.73. The number of benzene rings is 14. The summed E-state index contributed by atoms with van der Waals surface area (Å²) in [5, 5.41) is 12.8. The Morgan fingerprint density at radius 3 is 0.798 bits per heavy atom. The molecule has 19 rings (SSSR count). The van der Waals surface area contributed by atoms with Crippen molar-refractivity contribution in [2.45, 2.75) is 27.3 Å². The molecule has 0 atom stereocenters. The summed E-state index contributed by atoms with van der Waals surface area (Å²) in [7, 11) is 0. The molecule has 14 aromatic carbocycles. The predicted octanol–water partition coefficient (Wildman–Crippen LogP) is 25.5. The van der Waals surface area contributed by atoms with Crippen LogP contribution in [0.4, 0.5) is 0 Å². The Kier molecular flexibility index (Phi) is 15.0. The number of nitrogens with zero attached hydrogens (tertiary/aromatic N) is 5. The number of hydrogen-bond donors (Lipinski definition) is 0. The molecule has 472 valence electrons.